The maximum atomic E-state index is 10.7. The van der Waals surface area contributed by atoms with Crippen molar-refractivity contribution >= 4 is 5.78 Å². The third kappa shape index (κ3) is 5.33. The van der Waals surface area contributed by atoms with Crippen molar-refractivity contribution in [2.45, 2.75) is 19.8 Å². The van der Waals surface area contributed by atoms with Gasteiger partial charge >= 0.3 is 0 Å². The van der Waals surface area contributed by atoms with Crippen LogP contribution in [-0.4, -0.2) is 19.0 Å². The van der Waals surface area contributed by atoms with Crippen molar-refractivity contribution in [3.05, 3.63) is 0 Å². The van der Waals surface area contributed by atoms with Crippen LogP contribution in [0.2, 0.25) is 0 Å². The lowest BCUT2D eigenvalue weighted by Crippen LogP contribution is -2.07. The van der Waals surface area contributed by atoms with Crippen LogP contribution in [0.4, 0.5) is 0 Å². The summed E-state index contributed by atoms with van der Waals surface area (Å²) < 4.78 is 4.87. The van der Waals surface area contributed by atoms with Crippen LogP contribution in [-0.2, 0) is 9.53 Å². The van der Waals surface area contributed by atoms with E-state index in [1.54, 1.807) is 0 Å². The first-order valence-corrected chi connectivity index (χ1v) is 3.34. The summed E-state index contributed by atoms with van der Waals surface area (Å²) in [7, 11) is 0. The molecule has 0 rings (SSSR count). The number of Topliss-reactive ketones (excluding diaryl/α,β-unsaturated/α-hetero) is 1. The summed E-state index contributed by atoms with van der Waals surface area (Å²) >= 11 is 0. The Morgan fingerprint density at radius 3 is 2.90 bits per heavy atom. The molecule has 0 saturated carbocycles. The van der Waals surface area contributed by atoms with E-state index in [1.165, 1.54) is 0 Å². The molecule has 0 aliphatic carbocycles. The minimum absolute atomic E-state index is 0.0831. The minimum Gasteiger partial charge on any atom is -0.374 e. The second-order valence-corrected chi connectivity index (χ2v) is 1.88. The minimum atomic E-state index is 0.0831. The zero-order valence-electron chi connectivity index (χ0n) is 6.22. The second kappa shape index (κ2) is 6.31. The van der Waals surface area contributed by atoms with Gasteiger partial charge in [-0.25, -0.2) is 0 Å². The average molecular weight is 140 g/mol. The molecule has 0 aromatic heterocycles. The average Bonchev–Trinajstić information content (AvgIpc) is 1.97. The van der Waals surface area contributed by atoms with Crippen molar-refractivity contribution in [1.29, 1.82) is 0 Å². The number of terminal acetylenes is 1. The molecule has 0 saturated heterocycles. The molecule has 2 heteroatoms. The van der Waals surface area contributed by atoms with Gasteiger partial charge < -0.3 is 4.74 Å². The van der Waals surface area contributed by atoms with Gasteiger partial charge in [-0.05, 0) is 6.92 Å². The lowest BCUT2D eigenvalue weighted by molar-refractivity contribution is -0.123. The largest absolute Gasteiger partial charge is 0.374 e. The number of rotatable bonds is 5. The Morgan fingerprint density at radius 1 is 1.70 bits per heavy atom. The summed E-state index contributed by atoms with van der Waals surface area (Å²) in [5, 5.41) is 0. The second-order valence-electron chi connectivity index (χ2n) is 1.88. The number of hydrogen-bond acceptors (Lipinski definition) is 2. The van der Waals surface area contributed by atoms with Gasteiger partial charge in [-0.1, -0.05) is 0 Å². The molecule has 0 radical (unpaired) electrons. The molecule has 0 amide bonds. The molecule has 0 aliphatic rings. The van der Waals surface area contributed by atoms with Gasteiger partial charge in [-0.2, -0.15) is 0 Å². The van der Waals surface area contributed by atoms with Crippen LogP contribution in [0, 0.1) is 12.3 Å². The lowest BCUT2D eigenvalue weighted by Gasteiger charge is -1.96. The summed E-state index contributed by atoms with van der Waals surface area (Å²) in [5.41, 5.74) is 0. The van der Waals surface area contributed by atoms with Gasteiger partial charge in [0.25, 0.3) is 0 Å². The quantitative estimate of drug-likeness (QED) is 0.533. The lowest BCUT2D eigenvalue weighted by atomic mass is 10.2. The van der Waals surface area contributed by atoms with Gasteiger partial charge in [-0.3, -0.25) is 4.79 Å². The van der Waals surface area contributed by atoms with Crippen LogP contribution in [0.25, 0.3) is 0 Å². The van der Waals surface area contributed by atoms with E-state index >= 15 is 0 Å². The summed E-state index contributed by atoms with van der Waals surface area (Å²) in [6.45, 7) is 2.65. The van der Waals surface area contributed by atoms with E-state index in [-0.39, 0.29) is 12.4 Å². The topological polar surface area (TPSA) is 26.3 Å². The highest BCUT2D eigenvalue weighted by molar-refractivity contribution is 5.79. The third-order valence-electron chi connectivity index (χ3n) is 1.02. The van der Waals surface area contributed by atoms with Crippen LogP contribution in [0.5, 0.6) is 0 Å². The summed E-state index contributed by atoms with van der Waals surface area (Å²) in [4.78, 5) is 10.7. The smallest absolute Gasteiger partial charge is 0.159 e. The molecule has 0 bridgehead atoms. The van der Waals surface area contributed by atoms with Gasteiger partial charge in [0.05, 0.1) is 0 Å². The van der Waals surface area contributed by atoms with Gasteiger partial charge in [-0.15, -0.1) is 12.3 Å². The van der Waals surface area contributed by atoms with Crippen molar-refractivity contribution in [3.8, 4) is 12.3 Å². The SMILES string of the molecule is C#CCCC(=O)COCC. The Hall–Kier alpha value is -0.810. The monoisotopic (exact) mass is 140 g/mol. The Morgan fingerprint density at radius 2 is 2.40 bits per heavy atom. The van der Waals surface area contributed by atoms with Crippen molar-refractivity contribution in [3.63, 3.8) is 0 Å². The van der Waals surface area contributed by atoms with E-state index in [0.717, 1.165) is 0 Å². The molecule has 2 nitrogen and oxygen atoms in total. The molecule has 0 aliphatic heterocycles. The predicted molar refractivity (Wildman–Crippen MR) is 39.6 cm³/mol. The van der Waals surface area contributed by atoms with Gasteiger partial charge in [0, 0.05) is 19.4 Å². The summed E-state index contributed by atoms with van der Waals surface area (Å²) in [6.07, 6.45) is 5.92. The van der Waals surface area contributed by atoms with E-state index in [4.69, 9.17) is 11.2 Å². The van der Waals surface area contributed by atoms with Crippen molar-refractivity contribution in [2.75, 3.05) is 13.2 Å². The first kappa shape index (κ1) is 9.19. The molecular formula is C8H12O2. The molecule has 0 atom stereocenters. The van der Waals surface area contributed by atoms with Crippen LogP contribution in [0.1, 0.15) is 19.8 Å². The zero-order chi connectivity index (χ0) is 7.82. The number of hydrogen-bond donors (Lipinski definition) is 0. The van der Waals surface area contributed by atoms with E-state index in [9.17, 15) is 4.79 Å². The normalized spacial score (nSPS) is 8.80. The van der Waals surface area contributed by atoms with Crippen molar-refractivity contribution in [2.24, 2.45) is 0 Å². The first-order valence-electron chi connectivity index (χ1n) is 3.34. The Balaban J connectivity index is 3.19. The molecule has 0 aromatic carbocycles. The Bertz CT molecular complexity index is 133. The zero-order valence-corrected chi connectivity index (χ0v) is 6.22. The van der Waals surface area contributed by atoms with Gasteiger partial charge in [0.1, 0.15) is 6.61 Å². The first-order chi connectivity index (χ1) is 4.81. The Kier molecular flexibility index (Phi) is 5.80. The van der Waals surface area contributed by atoms with Gasteiger partial charge in [0.15, 0.2) is 5.78 Å². The van der Waals surface area contributed by atoms with Crippen LogP contribution < -0.4 is 0 Å². The predicted octanol–water partition coefficient (Wildman–Crippen LogP) is 1.01. The van der Waals surface area contributed by atoms with E-state index in [1.807, 2.05) is 6.92 Å². The van der Waals surface area contributed by atoms with E-state index in [0.29, 0.717) is 19.4 Å². The molecule has 0 N–H and O–H groups in total. The molecule has 56 valence electrons. The van der Waals surface area contributed by atoms with Crippen LogP contribution >= 0.6 is 0 Å². The maximum absolute atomic E-state index is 10.7. The van der Waals surface area contributed by atoms with E-state index < -0.39 is 0 Å². The number of ketones is 1. The number of ether oxygens (including phenoxy) is 1. The fourth-order valence-electron chi connectivity index (χ4n) is 0.500. The van der Waals surface area contributed by atoms with Crippen LogP contribution in [0.3, 0.4) is 0 Å². The maximum Gasteiger partial charge on any atom is 0.159 e. The molecular weight excluding hydrogens is 128 g/mol. The highest BCUT2D eigenvalue weighted by Crippen LogP contribution is 1.89. The van der Waals surface area contributed by atoms with Crippen molar-refractivity contribution in [1.82, 2.24) is 0 Å². The molecule has 0 heterocycles. The highest BCUT2D eigenvalue weighted by Gasteiger charge is 1.98. The third-order valence-corrected chi connectivity index (χ3v) is 1.02. The fourth-order valence-corrected chi connectivity index (χ4v) is 0.500. The number of carbonyl (C=O) groups excluding carboxylic acids is 1. The van der Waals surface area contributed by atoms with Crippen molar-refractivity contribution < 1.29 is 9.53 Å². The Labute approximate surface area is 61.6 Å². The molecule has 0 aromatic rings. The van der Waals surface area contributed by atoms with Crippen LogP contribution in [0.15, 0.2) is 0 Å². The van der Waals surface area contributed by atoms with E-state index in [2.05, 4.69) is 5.92 Å². The highest BCUT2D eigenvalue weighted by atomic mass is 16.5. The molecule has 0 fully saturated rings. The number of carbonyl (C=O) groups is 1. The molecule has 0 spiro atoms. The molecule has 0 unspecified atom stereocenters. The summed E-state index contributed by atoms with van der Waals surface area (Å²) in [6, 6.07) is 0. The van der Waals surface area contributed by atoms with Gasteiger partial charge in [0.2, 0.25) is 0 Å². The standard InChI is InChI=1S/C8H12O2/c1-3-5-6-8(9)7-10-4-2/h1H,4-7H2,2H3. The summed E-state index contributed by atoms with van der Waals surface area (Å²) in [5.74, 6) is 2.48. The fraction of sp³-hybridized carbons (Fsp3) is 0.625. The molecule has 10 heavy (non-hydrogen) atoms.